The second-order valence-electron chi connectivity index (χ2n) is 17.9. The van der Waals surface area contributed by atoms with Crippen LogP contribution in [0.1, 0.15) is 113 Å². The summed E-state index contributed by atoms with van der Waals surface area (Å²) in [7, 11) is 0. The van der Waals surface area contributed by atoms with Gasteiger partial charge in [-0.25, -0.2) is 24.7 Å². The van der Waals surface area contributed by atoms with Gasteiger partial charge >= 0.3 is 5.97 Å². The summed E-state index contributed by atoms with van der Waals surface area (Å²) in [5, 5.41) is 43.9. The number of hydrogen-bond acceptors (Lipinski definition) is 13. The first kappa shape index (κ1) is 57.3. The van der Waals surface area contributed by atoms with Crippen molar-refractivity contribution in [3.63, 3.8) is 0 Å². The number of hydrogen-bond donors (Lipinski definition) is 0. The number of unbranched alkanes of at least 4 members (excludes halogenated alkanes) is 2. The summed E-state index contributed by atoms with van der Waals surface area (Å²) in [5.74, 6) is 0.946. The Morgan fingerprint density at radius 1 is 0.573 bits per heavy atom. The van der Waals surface area contributed by atoms with E-state index >= 15 is 0 Å². The van der Waals surface area contributed by atoms with Crippen LogP contribution in [-0.2, 0) is 21.2 Å². The number of rotatable bonds is 21. The van der Waals surface area contributed by atoms with E-state index in [0.29, 0.717) is 91.9 Å². The third kappa shape index (κ3) is 15.5. The fourth-order valence-electron chi connectivity index (χ4n) is 8.47. The molecule has 4 aromatic heterocycles. The van der Waals surface area contributed by atoms with Crippen molar-refractivity contribution in [1.29, 1.82) is 0 Å². The molecular weight excluding hydrogens is 1030 g/mol. The summed E-state index contributed by atoms with van der Waals surface area (Å²) in [6, 6.07) is 35.0. The standard InChI is InChI=1S/C30H31ClN4O2.C29H29ClN4O3.Ni/c1-3-5-9-20(4-2)12-15-25(36)22-13-17-28(32-19-22)35-34-24-14-16-26(37)29-23(18-27(31)33-30(24)29)21-10-7-6-8-11-21;1-3-5-9-19(4-2)18-37-29(36)21-12-15-26(31-17-21)34-33-23-13-14-24(35)27-22(16-25(30)32-28(23)27)20-10-7-6-8-11-20;/h6-8,10-11,13-14,16-20,37H,3-5,9,12,15H2,1-2H3;6-8,10-17,19,35H,3-5,9,18H2,1-2H3;/p-2. The van der Waals surface area contributed by atoms with Crippen molar-refractivity contribution in [3.05, 3.63) is 155 Å². The number of ether oxygens (including phenoxy) is 1. The Balaban J connectivity index is 0.000000241. The summed E-state index contributed by atoms with van der Waals surface area (Å²) in [4.78, 5) is 42.3. The molecule has 0 aliphatic rings. The Labute approximate surface area is 457 Å². The van der Waals surface area contributed by atoms with E-state index < -0.39 is 5.97 Å². The molecule has 0 amide bonds. The van der Waals surface area contributed by atoms with Crippen LogP contribution in [0.2, 0.25) is 10.3 Å². The Bertz CT molecular complexity index is 3000. The first-order valence-corrected chi connectivity index (χ1v) is 25.9. The van der Waals surface area contributed by atoms with Gasteiger partial charge in [0.05, 0.1) is 23.2 Å². The normalized spacial score (nSPS) is 12.1. The second-order valence-corrected chi connectivity index (χ2v) is 18.7. The Kier molecular flexibility index (Phi) is 21.9. The van der Waals surface area contributed by atoms with Crippen molar-refractivity contribution in [2.45, 2.75) is 91.9 Å². The topological polar surface area (TPSA) is 190 Å². The van der Waals surface area contributed by atoms with E-state index in [9.17, 15) is 19.8 Å². The predicted molar refractivity (Wildman–Crippen MR) is 291 cm³/mol. The van der Waals surface area contributed by atoms with Gasteiger partial charge in [0.1, 0.15) is 21.7 Å². The number of nitrogens with zero attached hydrogens (tertiary/aromatic N) is 8. The van der Waals surface area contributed by atoms with Crippen LogP contribution in [0.25, 0.3) is 44.1 Å². The number of esters is 1. The molecule has 4 heterocycles. The van der Waals surface area contributed by atoms with Crippen molar-refractivity contribution in [2.75, 3.05) is 6.61 Å². The minimum Gasteiger partial charge on any atom is -0.872 e. The summed E-state index contributed by atoms with van der Waals surface area (Å²) < 4.78 is 5.48. The minimum atomic E-state index is -0.407. The first-order chi connectivity index (χ1) is 36.0. The van der Waals surface area contributed by atoms with Gasteiger partial charge in [0, 0.05) is 51.6 Å². The van der Waals surface area contributed by atoms with E-state index in [-0.39, 0.29) is 44.1 Å². The molecule has 0 bridgehead atoms. The van der Waals surface area contributed by atoms with Crippen LogP contribution in [0.5, 0.6) is 11.5 Å². The molecule has 0 fully saturated rings. The molecule has 0 spiro atoms. The van der Waals surface area contributed by atoms with Gasteiger partial charge in [0.25, 0.3) is 0 Å². The number of benzene rings is 4. The average Bonchev–Trinajstić information content (AvgIpc) is 3.43. The maximum absolute atomic E-state index is 12.8. The molecule has 8 rings (SSSR count). The van der Waals surface area contributed by atoms with Gasteiger partial charge in [0.2, 0.25) is 0 Å². The van der Waals surface area contributed by atoms with E-state index in [1.54, 1.807) is 54.7 Å². The third-order valence-electron chi connectivity index (χ3n) is 12.8. The van der Waals surface area contributed by atoms with E-state index in [1.807, 2.05) is 60.7 Å². The molecule has 13 nitrogen and oxygen atoms in total. The predicted octanol–water partition coefficient (Wildman–Crippen LogP) is 16.4. The summed E-state index contributed by atoms with van der Waals surface area (Å²) >= 11 is 12.6. The van der Waals surface area contributed by atoms with Crippen LogP contribution in [-0.4, -0.2) is 38.3 Å². The molecule has 4 aromatic carbocycles. The zero-order valence-electron chi connectivity index (χ0n) is 42.3. The van der Waals surface area contributed by atoms with Crippen LogP contribution in [0.15, 0.2) is 154 Å². The van der Waals surface area contributed by atoms with Gasteiger partial charge in [-0.05, 0) is 95.5 Å². The number of carbonyl (C=O) groups excluding carboxylic acids is 2. The number of ketones is 1. The molecule has 390 valence electrons. The van der Waals surface area contributed by atoms with E-state index in [2.05, 4.69) is 68.1 Å². The van der Waals surface area contributed by atoms with Crippen molar-refractivity contribution < 1.29 is 41.0 Å². The van der Waals surface area contributed by atoms with Crippen molar-refractivity contribution >= 4 is 79.8 Å². The minimum absolute atomic E-state index is 0. The molecule has 2 unspecified atom stereocenters. The molecule has 16 heteroatoms. The van der Waals surface area contributed by atoms with E-state index in [1.165, 1.54) is 37.6 Å². The number of aromatic nitrogens is 4. The largest absolute Gasteiger partial charge is 0.872 e. The molecule has 0 N–H and O–H groups in total. The number of pyridine rings is 4. The molecule has 0 saturated carbocycles. The summed E-state index contributed by atoms with van der Waals surface area (Å²) in [6.45, 7) is 9.04. The second kappa shape index (κ2) is 28.6. The summed E-state index contributed by atoms with van der Waals surface area (Å²) in [5.41, 5.74) is 5.55. The van der Waals surface area contributed by atoms with Crippen LogP contribution in [0.4, 0.5) is 23.0 Å². The van der Waals surface area contributed by atoms with Crippen LogP contribution < -0.4 is 10.2 Å². The van der Waals surface area contributed by atoms with E-state index in [0.717, 1.165) is 49.7 Å². The summed E-state index contributed by atoms with van der Waals surface area (Å²) in [6.07, 6.45) is 13.3. The quantitative estimate of drug-likeness (QED) is 0.0221. The zero-order chi connectivity index (χ0) is 52.4. The van der Waals surface area contributed by atoms with Crippen LogP contribution in [0, 0.1) is 11.8 Å². The molecule has 0 saturated heterocycles. The number of Topliss-reactive ketones (excluding diaryl/α,β-unsaturated/α-hetero) is 1. The number of halogens is 2. The van der Waals surface area contributed by atoms with Crippen molar-refractivity contribution in [3.8, 4) is 33.8 Å². The Morgan fingerprint density at radius 2 is 1.04 bits per heavy atom. The monoisotopic (exact) mass is 1090 g/mol. The fourth-order valence-corrected chi connectivity index (χ4v) is 8.86. The molecular formula is C59H58Cl2N8NiO5-2. The number of fused-ring (bicyclic) bond motifs is 2. The maximum Gasteiger partial charge on any atom is 0.339 e. The Morgan fingerprint density at radius 3 is 1.48 bits per heavy atom. The van der Waals surface area contributed by atoms with Gasteiger partial charge in [0.15, 0.2) is 17.4 Å². The van der Waals surface area contributed by atoms with Gasteiger partial charge < -0.3 is 14.9 Å². The zero-order valence-corrected chi connectivity index (χ0v) is 44.8. The van der Waals surface area contributed by atoms with Crippen LogP contribution in [0.3, 0.4) is 0 Å². The van der Waals surface area contributed by atoms with Gasteiger partial charge in [-0.1, -0.05) is 180 Å². The average molecular weight is 1090 g/mol. The number of azo groups is 2. The molecule has 0 radical (unpaired) electrons. The molecule has 8 aromatic rings. The van der Waals surface area contributed by atoms with Gasteiger partial charge in [-0.2, -0.15) is 0 Å². The first-order valence-electron chi connectivity index (χ1n) is 25.2. The molecule has 0 aliphatic heterocycles. The number of carbonyl (C=O) groups is 2. The molecule has 75 heavy (non-hydrogen) atoms. The maximum atomic E-state index is 12.8. The smallest absolute Gasteiger partial charge is 0.339 e. The Hall–Kier alpha value is -6.99. The van der Waals surface area contributed by atoms with Crippen molar-refractivity contribution in [2.24, 2.45) is 32.3 Å². The fraction of sp³-hybridized carbons (Fsp3) is 0.288. The van der Waals surface area contributed by atoms with Gasteiger partial charge in [-0.3, -0.25) is 4.79 Å². The SMILES string of the molecule is CCCCC(CC)CCC(=O)c1ccc(N=Nc2ccc([O-])c3c(-c4ccccc4)cc(Cl)nc23)nc1.CCCCC(CC)COC(=O)c1ccc(N=Nc2ccc([O-])c3c(-c4ccccc4)cc(Cl)nc23)nc1.[Ni]. The van der Waals surface area contributed by atoms with Crippen molar-refractivity contribution in [1.82, 2.24) is 19.9 Å². The van der Waals surface area contributed by atoms with Gasteiger partial charge in [-0.15, -0.1) is 20.5 Å². The van der Waals surface area contributed by atoms with E-state index in [4.69, 9.17) is 27.9 Å². The third-order valence-corrected chi connectivity index (χ3v) is 13.2. The molecule has 0 aliphatic carbocycles. The molecule has 2 atom stereocenters. The van der Waals surface area contributed by atoms with Crippen LogP contribution >= 0.6 is 23.2 Å².